The lowest BCUT2D eigenvalue weighted by atomic mass is 10.0. The second kappa shape index (κ2) is 4.20. The summed E-state index contributed by atoms with van der Waals surface area (Å²) in [6, 6.07) is 4.67. The zero-order valence-electron chi connectivity index (χ0n) is 9.02. The average molecular weight is 229 g/mol. The molecule has 0 heterocycles. The Morgan fingerprint density at radius 3 is 2.33 bits per heavy atom. The second-order valence-electron chi connectivity index (χ2n) is 3.60. The Balaban J connectivity index is 3.32. The highest BCUT2D eigenvalue weighted by Crippen LogP contribution is 2.28. The van der Waals surface area contributed by atoms with E-state index in [1.807, 2.05) is 13.8 Å². The van der Waals surface area contributed by atoms with Gasteiger partial charge in [0.15, 0.2) is 0 Å². The van der Waals surface area contributed by atoms with E-state index in [2.05, 4.69) is 0 Å². The first-order chi connectivity index (χ1) is 6.86. The van der Waals surface area contributed by atoms with Gasteiger partial charge in [-0.15, -0.1) is 0 Å². The zero-order valence-corrected chi connectivity index (χ0v) is 9.84. The van der Waals surface area contributed by atoms with Crippen molar-refractivity contribution in [1.82, 2.24) is 0 Å². The van der Waals surface area contributed by atoms with Crippen LogP contribution in [0.4, 0.5) is 0 Å². The third kappa shape index (κ3) is 2.70. The number of hydrogen-bond donors (Lipinski definition) is 1. The van der Waals surface area contributed by atoms with Crippen LogP contribution in [0.3, 0.4) is 0 Å². The highest BCUT2D eigenvalue weighted by Gasteiger charge is 2.13. The molecule has 0 fully saturated rings. The third-order valence-corrected chi connectivity index (χ3v) is 3.07. The first-order valence-corrected chi connectivity index (χ1v) is 6.11. The molecule has 0 bridgehead atoms. The number of sulfonamides is 1. The fraction of sp³-hybridized carbons (Fsp3) is 0.400. The molecule has 0 amide bonds. The fourth-order valence-electron chi connectivity index (χ4n) is 1.35. The van der Waals surface area contributed by atoms with Crippen molar-refractivity contribution in [3.63, 3.8) is 0 Å². The van der Waals surface area contributed by atoms with E-state index < -0.39 is 10.0 Å². The molecule has 0 radical (unpaired) electrons. The van der Waals surface area contributed by atoms with Gasteiger partial charge in [-0.1, -0.05) is 19.9 Å². The summed E-state index contributed by atoms with van der Waals surface area (Å²) < 4.78 is 27.3. The summed E-state index contributed by atoms with van der Waals surface area (Å²) in [5.41, 5.74) is 0.963. The second-order valence-corrected chi connectivity index (χ2v) is 5.16. The molecule has 0 saturated heterocycles. The predicted molar refractivity (Wildman–Crippen MR) is 58.5 cm³/mol. The van der Waals surface area contributed by atoms with Crippen molar-refractivity contribution in [3.05, 3.63) is 23.8 Å². The van der Waals surface area contributed by atoms with Gasteiger partial charge in [-0.05, 0) is 17.5 Å². The van der Waals surface area contributed by atoms with Crippen LogP contribution < -0.4 is 9.88 Å². The van der Waals surface area contributed by atoms with Crippen LogP contribution in [0.2, 0.25) is 0 Å². The van der Waals surface area contributed by atoms with E-state index in [4.69, 9.17) is 9.88 Å². The zero-order chi connectivity index (χ0) is 11.6. The Bertz CT molecular complexity index is 452. The Morgan fingerprint density at radius 1 is 1.33 bits per heavy atom. The molecule has 0 spiro atoms. The molecule has 1 rings (SSSR count). The van der Waals surface area contributed by atoms with Crippen LogP contribution in [-0.2, 0) is 10.0 Å². The Morgan fingerprint density at radius 2 is 1.93 bits per heavy atom. The maximum Gasteiger partial charge on any atom is 0.238 e. The molecule has 15 heavy (non-hydrogen) atoms. The number of methoxy groups -OCH3 is 1. The minimum Gasteiger partial charge on any atom is -0.496 e. The molecule has 0 aliphatic heterocycles. The summed E-state index contributed by atoms with van der Waals surface area (Å²) in [6.07, 6.45) is 0. The van der Waals surface area contributed by atoms with Crippen molar-refractivity contribution < 1.29 is 13.2 Å². The third-order valence-electron chi connectivity index (χ3n) is 2.16. The van der Waals surface area contributed by atoms with Crippen molar-refractivity contribution >= 4 is 10.0 Å². The molecular formula is C10H15NO3S. The summed E-state index contributed by atoms with van der Waals surface area (Å²) in [7, 11) is -2.15. The summed E-state index contributed by atoms with van der Waals surface area (Å²) in [5.74, 6) is 0.825. The van der Waals surface area contributed by atoms with E-state index in [0.717, 1.165) is 5.56 Å². The maximum atomic E-state index is 11.1. The van der Waals surface area contributed by atoms with Crippen LogP contribution in [0.15, 0.2) is 23.1 Å². The summed E-state index contributed by atoms with van der Waals surface area (Å²) in [4.78, 5) is 0.0729. The van der Waals surface area contributed by atoms with Crippen LogP contribution in [0.5, 0.6) is 5.75 Å². The van der Waals surface area contributed by atoms with Gasteiger partial charge in [-0.3, -0.25) is 0 Å². The predicted octanol–water partition coefficient (Wildman–Crippen LogP) is 1.47. The summed E-state index contributed by atoms with van der Waals surface area (Å²) >= 11 is 0. The Labute approximate surface area is 90.1 Å². The lowest BCUT2D eigenvalue weighted by Gasteiger charge is -2.12. The van der Waals surface area contributed by atoms with Crippen molar-refractivity contribution in [2.24, 2.45) is 5.14 Å². The molecule has 1 aromatic carbocycles. The van der Waals surface area contributed by atoms with Gasteiger partial charge in [0.1, 0.15) is 5.75 Å². The molecule has 0 unspecified atom stereocenters. The first-order valence-electron chi connectivity index (χ1n) is 4.57. The number of primary sulfonamides is 1. The fourth-order valence-corrected chi connectivity index (χ4v) is 1.87. The van der Waals surface area contributed by atoms with E-state index >= 15 is 0 Å². The Hall–Kier alpha value is -1.07. The van der Waals surface area contributed by atoms with Crippen LogP contribution in [-0.4, -0.2) is 15.5 Å². The standard InChI is InChI=1S/C10H15NO3S/c1-7(2)9-5-4-8(15(11,12)13)6-10(9)14-3/h4-7H,1-3H3,(H2,11,12,13). The Kier molecular flexibility index (Phi) is 3.36. The highest BCUT2D eigenvalue weighted by atomic mass is 32.2. The maximum absolute atomic E-state index is 11.1. The highest BCUT2D eigenvalue weighted by molar-refractivity contribution is 7.89. The van der Waals surface area contributed by atoms with Crippen LogP contribution in [0.1, 0.15) is 25.3 Å². The van der Waals surface area contributed by atoms with E-state index in [9.17, 15) is 8.42 Å². The van der Waals surface area contributed by atoms with Crippen molar-refractivity contribution in [2.45, 2.75) is 24.7 Å². The number of ether oxygens (including phenoxy) is 1. The smallest absolute Gasteiger partial charge is 0.238 e. The number of rotatable bonds is 3. The minimum absolute atomic E-state index is 0.0729. The molecule has 0 aliphatic carbocycles. The minimum atomic E-state index is -3.66. The average Bonchev–Trinajstić information content (AvgIpc) is 2.15. The quantitative estimate of drug-likeness (QED) is 0.853. The monoisotopic (exact) mass is 229 g/mol. The van der Waals surface area contributed by atoms with Crippen molar-refractivity contribution in [3.8, 4) is 5.75 Å². The van der Waals surface area contributed by atoms with Crippen LogP contribution >= 0.6 is 0 Å². The molecule has 0 aliphatic rings. The van der Waals surface area contributed by atoms with Crippen molar-refractivity contribution in [2.75, 3.05) is 7.11 Å². The van der Waals surface area contributed by atoms with Gasteiger partial charge in [0.05, 0.1) is 12.0 Å². The first kappa shape index (κ1) is 12.0. The lowest BCUT2D eigenvalue weighted by Crippen LogP contribution is -2.12. The number of nitrogens with two attached hydrogens (primary N) is 1. The normalized spacial score (nSPS) is 11.8. The van der Waals surface area contributed by atoms with E-state index in [0.29, 0.717) is 5.75 Å². The topological polar surface area (TPSA) is 69.4 Å². The lowest BCUT2D eigenvalue weighted by molar-refractivity contribution is 0.406. The molecule has 0 saturated carbocycles. The van der Waals surface area contributed by atoms with Gasteiger partial charge in [-0.25, -0.2) is 13.6 Å². The van der Waals surface area contributed by atoms with Gasteiger partial charge in [0.2, 0.25) is 10.0 Å². The molecule has 84 valence electrons. The number of benzene rings is 1. The molecule has 5 heteroatoms. The summed E-state index contributed by atoms with van der Waals surface area (Å²) in [5, 5.41) is 5.02. The van der Waals surface area contributed by atoms with E-state index in [1.54, 1.807) is 6.07 Å². The van der Waals surface area contributed by atoms with Crippen LogP contribution in [0, 0.1) is 0 Å². The van der Waals surface area contributed by atoms with Gasteiger partial charge in [0, 0.05) is 6.07 Å². The molecular weight excluding hydrogens is 214 g/mol. The van der Waals surface area contributed by atoms with E-state index in [-0.39, 0.29) is 10.8 Å². The molecule has 1 aromatic rings. The largest absolute Gasteiger partial charge is 0.496 e. The summed E-state index contributed by atoms with van der Waals surface area (Å²) in [6.45, 7) is 4.02. The van der Waals surface area contributed by atoms with Gasteiger partial charge >= 0.3 is 0 Å². The molecule has 2 N–H and O–H groups in total. The molecule has 0 aromatic heterocycles. The van der Waals surface area contributed by atoms with E-state index in [1.165, 1.54) is 19.2 Å². The molecule has 4 nitrogen and oxygen atoms in total. The van der Waals surface area contributed by atoms with Crippen LogP contribution in [0.25, 0.3) is 0 Å². The van der Waals surface area contributed by atoms with Crippen molar-refractivity contribution in [1.29, 1.82) is 0 Å². The van der Waals surface area contributed by atoms with Gasteiger partial charge < -0.3 is 4.74 Å². The molecule has 0 atom stereocenters. The van der Waals surface area contributed by atoms with Gasteiger partial charge in [0.25, 0.3) is 0 Å². The van der Waals surface area contributed by atoms with Gasteiger partial charge in [-0.2, -0.15) is 0 Å². The number of hydrogen-bond acceptors (Lipinski definition) is 3. The SMILES string of the molecule is COc1cc(S(N)(=O)=O)ccc1C(C)C.